The Bertz CT molecular complexity index is 589. The summed E-state index contributed by atoms with van der Waals surface area (Å²) in [4.78, 5) is 11.5. The molecule has 1 aliphatic rings. The first-order valence-corrected chi connectivity index (χ1v) is 8.79. The lowest BCUT2D eigenvalue weighted by molar-refractivity contribution is -0.202. The number of nitrogens with one attached hydrogen (secondary N) is 1. The van der Waals surface area contributed by atoms with Gasteiger partial charge in [0.05, 0.1) is 0 Å². The zero-order chi connectivity index (χ0) is 18.0. The minimum absolute atomic E-state index is 0.0266. The van der Waals surface area contributed by atoms with Crippen LogP contribution < -0.4 is 5.43 Å². The summed E-state index contributed by atoms with van der Waals surface area (Å²) in [6, 6.07) is 6.13. The van der Waals surface area contributed by atoms with Crippen LogP contribution in [0.2, 0.25) is 0 Å². The Morgan fingerprint density at radius 3 is 2.58 bits per heavy atom. The van der Waals surface area contributed by atoms with Crippen LogP contribution in [0.4, 0.5) is 13.2 Å². The van der Waals surface area contributed by atoms with Crippen LogP contribution in [0.25, 0.3) is 0 Å². The van der Waals surface area contributed by atoms with Crippen LogP contribution in [0.5, 0.6) is 0 Å². The lowest BCUT2D eigenvalue weighted by atomic mass is 9.97. The van der Waals surface area contributed by atoms with Gasteiger partial charge in [0.1, 0.15) is 6.04 Å². The van der Waals surface area contributed by atoms with E-state index in [0.717, 1.165) is 21.5 Å². The van der Waals surface area contributed by atoms with E-state index in [1.54, 1.807) is 13.8 Å². The molecule has 1 atom stereocenters. The largest absolute Gasteiger partial charge is 0.405 e. The van der Waals surface area contributed by atoms with Crippen molar-refractivity contribution < 1.29 is 18.0 Å². The highest BCUT2D eigenvalue weighted by Crippen LogP contribution is 2.35. The molecule has 1 aromatic carbocycles. The van der Waals surface area contributed by atoms with E-state index in [9.17, 15) is 18.0 Å². The number of hydrogen-bond donors (Lipinski definition) is 1. The molecule has 0 bridgehead atoms. The average molecular weight is 407 g/mol. The van der Waals surface area contributed by atoms with Crippen LogP contribution in [0.1, 0.15) is 45.1 Å². The van der Waals surface area contributed by atoms with E-state index in [-0.39, 0.29) is 18.7 Å². The molecule has 0 radical (unpaired) electrons. The Balaban J connectivity index is 1.94. The normalized spacial score (nSPS) is 19.3. The number of hydrazine groups is 1. The third-order valence-corrected chi connectivity index (χ3v) is 4.76. The Morgan fingerprint density at radius 2 is 2.04 bits per heavy atom. The van der Waals surface area contributed by atoms with E-state index in [4.69, 9.17) is 0 Å². The molecule has 7 heteroatoms. The van der Waals surface area contributed by atoms with Crippen molar-refractivity contribution in [1.82, 2.24) is 10.4 Å². The van der Waals surface area contributed by atoms with E-state index < -0.39 is 17.8 Å². The average Bonchev–Trinajstić information content (AvgIpc) is 2.70. The van der Waals surface area contributed by atoms with Crippen LogP contribution >= 0.6 is 15.9 Å². The second-order valence-electron chi connectivity index (χ2n) is 6.83. The molecule has 1 saturated heterocycles. The van der Waals surface area contributed by atoms with Crippen molar-refractivity contribution in [2.24, 2.45) is 0 Å². The standard InChI is InChI=1S/C17H22BrF3N2O/c1-16(2)11-15(24)22-23(16)14(17(19,20)21)9-4-3-6-12-7-5-8-13(18)10-12/h5,7-8,10,14H,3-4,6,9,11H2,1-2H3,(H,22,24)/t14-/m0/s1. The van der Waals surface area contributed by atoms with Gasteiger partial charge in [-0.25, -0.2) is 5.01 Å². The van der Waals surface area contributed by atoms with E-state index >= 15 is 0 Å². The van der Waals surface area contributed by atoms with Crippen molar-refractivity contribution in [2.75, 3.05) is 0 Å². The van der Waals surface area contributed by atoms with Crippen LogP contribution in [0.15, 0.2) is 28.7 Å². The van der Waals surface area contributed by atoms with Crippen LogP contribution in [0, 0.1) is 0 Å². The zero-order valence-electron chi connectivity index (χ0n) is 13.8. The van der Waals surface area contributed by atoms with E-state index in [1.807, 2.05) is 24.3 Å². The van der Waals surface area contributed by atoms with Gasteiger partial charge < -0.3 is 0 Å². The van der Waals surface area contributed by atoms with Gasteiger partial charge in [-0.1, -0.05) is 34.5 Å². The number of alkyl halides is 3. The molecule has 0 unspecified atom stereocenters. The summed E-state index contributed by atoms with van der Waals surface area (Å²) in [5.41, 5.74) is 2.65. The van der Waals surface area contributed by atoms with Gasteiger partial charge in [-0.2, -0.15) is 13.2 Å². The molecule has 0 aliphatic carbocycles. The third-order valence-electron chi connectivity index (χ3n) is 4.26. The Morgan fingerprint density at radius 1 is 1.33 bits per heavy atom. The van der Waals surface area contributed by atoms with Gasteiger partial charge in [0, 0.05) is 16.4 Å². The zero-order valence-corrected chi connectivity index (χ0v) is 15.4. The molecule has 1 aliphatic heterocycles. The summed E-state index contributed by atoms with van der Waals surface area (Å²) in [5.74, 6) is -0.358. The van der Waals surface area contributed by atoms with Crippen LogP contribution in [0.3, 0.4) is 0 Å². The predicted octanol–water partition coefficient (Wildman–Crippen LogP) is 4.61. The van der Waals surface area contributed by atoms with Crippen molar-refractivity contribution >= 4 is 21.8 Å². The summed E-state index contributed by atoms with van der Waals surface area (Å²) >= 11 is 3.39. The molecule has 2 rings (SSSR count). The first-order chi connectivity index (χ1) is 11.1. The second kappa shape index (κ2) is 7.44. The van der Waals surface area contributed by atoms with Crippen LogP contribution in [-0.4, -0.2) is 28.7 Å². The SMILES string of the molecule is CC1(C)CC(=O)NN1[C@@H](CCCCc1cccc(Br)c1)C(F)(F)F. The van der Waals surface area contributed by atoms with E-state index in [2.05, 4.69) is 21.4 Å². The molecule has 134 valence electrons. The fourth-order valence-corrected chi connectivity index (χ4v) is 3.55. The van der Waals surface area contributed by atoms with Crippen molar-refractivity contribution in [2.45, 2.75) is 63.7 Å². The first-order valence-electron chi connectivity index (χ1n) is 7.99. The molecular weight excluding hydrogens is 385 g/mol. The first kappa shape index (κ1) is 19.2. The van der Waals surface area contributed by atoms with Crippen molar-refractivity contribution in [3.63, 3.8) is 0 Å². The molecular formula is C17H22BrF3N2O. The van der Waals surface area contributed by atoms with Crippen molar-refractivity contribution in [3.8, 4) is 0 Å². The number of aryl methyl sites for hydroxylation is 1. The molecule has 0 aromatic heterocycles. The summed E-state index contributed by atoms with van der Waals surface area (Å²) < 4.78 is 41.3. The maximum atomic E-state index is 13.4. The molecule has 3 nitrogen and oxygen atoms in total. The van der Waals surface area contributed by atoms with Gasteiger partial charge in [-0.3, -0.25) is 10.2 Å². The molecule has 1 aromatic rings. The monoisotopic (exact) mass is 406 g/mol. The molecule has 24 heavy (non-hydrogen) atoms. The molecule has 1 heterocycles. The number of amides is 1. The van der Waals surface area contributed by atoms with Gasteiger partial charge in [-0.05, 0) is 50.8 Å². The highest BCUT2D eigenvalue weighted by molar-refractivity contribution is 9.10. The van der Waals surface area contributed by atoms with Crippen molar-refractivity contribution in [1.29, 1.82) is 0 Å². The molecule has 1 N–H and O–H groups in total. The number of hydrogen-bond acceptors (Lipinski definition) is 2. The summed E-state index contributed by atoms with van der Waals surface area (Å²) in [7, 11) is 0. The molecule has 1 fully saturated rings. The predicted molar refractivity (Wildman–Crippen MR) is 90.2 cm³/mol. The van der Waals surface area contributed by atoms with Gasteiger partial charge in [0.2, 0.25) is 5.91 Å². The topological polar surface area (TPSA) is 32.3 Å². The number of halogens is 4. The quantitative estimate of drug-likeness (QED) is 0.699. The number of unbranched alkanes of at least 4 members (excludes halogenated alkanes) is 1. The highest BCUT2D eigenvalue weighted by atomic mass is 79.9. The molecule has 0 saturated carbocycles. The Hall–Kier alpha value is -1.08. The minimum atomic E-state index is -4.37. The smallest absolute Gasteiger partial charge is 0.288 e. The maximum Gasteiger partial charge on any atom is 0.405 e. The third kappa shape index (κ3) is 4.96. The number of rotatable bonds is 6. The maximum absolute atomic E-state index is 13.4. The summed E-state index contributed by atoms with van der Waals surface area (Å²) in [6.07, 6.45) is -2.46. The Labute approximate surface area is 148 Å². The summed E-state index contributed by atoms with van der Waals surface area (Å²) in [6.45, 7) is 3.32. The fraction of sp³-hybridized carbons (Fsp3) is 0.588. The molecule has 0 spiro atoms. The number of carbonyl (C=O) groups excluding carboxylic acids is 1. The van der Waals surface area contributed by atoms with Gasteiger partial charge in [-0.15, -0.1) is 0 Å². The fourth-order valence-electron chi connectivity index (χ4n) is 3.10. The second-order valence-corrected chi connectivity index (χ2v) is 7.74. The lowest BCUT2D eigenvalue weighted by Crippen LogP contribution is -2.56. The van der Waals surface area contributed by atoms with Crippen LogP contribution in [-0.2, 0) is 11.2 Å². The van der Waals surface area contributed by atoms with Gasteiger partial charge >= 0.3 is 6.18 Å². The number of carbonyl (C=O) groups is 1. The Kier molecular flexibility index (Phi) is 5.96. The highest BCUT2D eigenvalue weighted by Gasteiger charge is 2.51. The van der Waals surface area contributed by atoms with Gasteiger partial charge in [0.15, 0.2) is 0 Å². The lowest BCUT2D eigenvalue weighted by Gasteiger charge is -2.37. The van der Waals surface area contributed by atoms with Gasteiger partial charge in [0.25, 0.3) is 0 Å². The number of nitrogens with zero attached hydrogens (tertiary/aromatic N) is 1. The van der Waals surface area contributed by atoms with E-state index in [0.29, 0.717) is 12.8 Å². The minimum Gasteiger partial charge on any atom is -0.288 e. The molecule has 1 amide bonds. The van der Waals surface area contributed by atoms with E-state index in [1.165, 1.54) is 0 Å². The van der Waals surface area contributed by atoms with Crippen molar-refractivity contribution in [3.05, 3.63) is 34.3 Å². The summed E-state index contributed by atoms with van der Waals surface area (Å²) in [5, 5.41) is 1.09. The number of benzene rings is 1.